The lowest BCUT2D eigenvalue weighted by molar-refractivity contribution is 0.103. The summed E-state index contributed by atoms with van der Waals surface area (Å²) in [6.45, 7) is 0. The van der Waals surface area contributed by atoms with Gasteiger partial charge in [-0.2, -0.15) is 5.26 Å². The second-order valence-corrected chi connectivity index (χ2v) is 5.17. The van der Waals surface area contributed by atoms with Crippen LogP contribution in [0.2, 0.25) is 0 Å². The summed E-state index contributed by atoms with van der Waals surface area (Å²) in [6.07, 6.45) is 1.32. The van der Waals surface area contributed by atoms with E-state index in [-0.39, 0.29) is 17.3 Å². The average Bonchev–Trinajstić information content (AvgIpc) is 2.65. The van der Waals surface area contributed by atoms with Gasteiger partial charge in [-0.05, 0) is 48.5 Å². The molecule has 0 spiro atoms. The van der Waals surface area contributed by atoms with Gasteiger partial charge in [-0.1, -0.05) is 6.07 Å². The van der Waals surface area contributed by atoms with Crippen LogP contribution in [0.4, 0.5) is 20.3 Å². The predicted octanol–water partition coefficient (Wildman–Crippen LogP) is 4.21. The van der Waals surface area contributed by atoms with Crippen LogP contribution in [0.5, 0.6) is 0 Å². The summed E-state index contributed by atoms with van der Waals surface area (Å²) in [5.74, 6) is -1.53. The lowest BCUT2D eigenvalue weighted by Crippen LogP contribution is -2.04. The molecule has 0 saturated heterocycles. The second kappa shape index (κ2) is 6.89. The monoisotopic (exact) mass is 335 g/mol. The second-order valence-electron chi connectivity index (χ2n) is 5.17. The van der Waals surface area contributed by atoms with Crippen LogP contribution >= 0.6 is 0 Å². The summed E-state index contributed by atoms with van der Waals surface area (Å²) in [7, 11) is 0. The molecular weight excluding hydrogens is 324 g/mol. The summed E-state index contributed by atoms with van der Waals surface area (Å²) >= 11 is 0. The van der Waals surface area contributed by atoms with Gasteiger partial charge < -0.3 is 5.32 Å². The van der Waals surface area contributed by atoms with Gasteiger partial charge in [0.2, 0.25) is 0 Å². The summed E-state index contributed by atoms with van der Waals surface area (Å²) in [6, 6.07) is 14.7. The van der Waals surface area contributed by atoms with E-state index >= 15 is 0 Å². The Morgan fingerprint density at radius 1 is 0.960 bits per heavy atom. The van der Waals surface area contributed by atoms with Crippen LogP contribution in [0.1, 0.15) is 21.5 Å². The maximum Gasteiger partial charge on any atom is 0.194 e. The first-order chi connectivity index (χ1) is 12.1. The first kappa shape index (κ1) is 16.3. The van der Waals surface area contributed by atoms with Crippen molar-refractivity contribution in [1.82, 2.24) is 4.98 Å². The number of hydrogen-bond donors (Lipinski definition) is 1. The van der Waals surface area contributed by atoms with Gasteiger partial charge in [-0.15, -0.1) is 0 Å². The molecule has 0 fully saturated rings. The Morgan fingerprint density at radius 3 is 2.16 bits per heavy atom. The number of anilines is 2. The Kier molecular flexibility index (Phi) is 4.48. The highest BCUT2D eigenvalue weighted by molar-refractivity contribution is 6.08. The van der Waals surface area contributed by atoms with Crippen molar-refractivity contribution in [3.8, 4) is 6.07 Å². The number of hydrogen-bond acceptors (Lipinski definition) is 4. The third kappa shape index (κ3) is 3.51. The highest BCUT2D eigenvalue weighted by atomic mass is 19.1. The molecule has 0 aliphatic carbocycles. The van der Waals surface area contributed by atoms with E-state index in [1.54, 1.807) is 24.3 Å². The SMILES string of the molecule is N#Cc1ccc(C(=O)c2ccc(Nc3c(F)cccc3F)nc2)cc1. The van der Waals surface area contributed by atoms with Crippen molar-refractivity contribution in [2.75, 3.05) is 5.32 Å². The Balaban J connectivity index is 1.80. The lowest BCUT2D eigenvalue weighted by atomic mass is 10.0. The normalized spacial score (nSPS) is 10.1. The van der Waals surface area contributed by atoms with Crippen molar-refractivity contribution in [2.45, 2.75) is 0 Å². The van der Waals surface area contributed by atoms with Gasteiger partial charge in [-0.25, -0.2) is 13.8 Å². The zero-order chi connectivity index (χ0) is 17.8. The molecule has 4 nitrogen and oxygen atoms in total. The van der Waals surface area contributed by atoms with Crippen molar-refractivity contribution in [3.05, 3.63) is 89.1 Å². The molecule has 0 amide bonds. The van der Waals surface area contributed by atoms with Gasteiger partial charge in [0.25, 0.3) is 0 Å². The van der Waals surface area contributed by atoms with E-state index < -0.39 is 11.6 Å². The average molecular weight is 335 g/mol. The van der Waals surface area contributed by atoms with Crippen molar-refractivity contribution in [2.24, 2.45) is 0 Å². The fourth-order valence-electron chi connectivity index (χ4n) is 2.21. The van der Waals surface area contributed by atoms with Gasteiger partial charge in [0.1, 0.15) is 23.1 Å². The molecule has 0 aliphatic rings. The standard InChI is InChI=1S/C19H11F2N3O/c20-15-2-1-3-16(21)18(15)24-17-9-8-14(11-23-17)19(25)13-6-4-12(10-22)5-7-13/h1-9,11H,(H,23,24). The molecule has 25 heavy (non-hydrogen) atoms. The molecule has 2 aromatic carbocycles. The van der Waals surface area contributed by atoms with E-state index in [1.807, 2.05) is 6.07 Å². The fraction of sp³-hybridized carbons (Fsp3) is 0. The number of halogens is 2. The summed E-state index contributed by atoms with van der Waals surface area (Å²) in [4.78, 5) is 16.4. The van der Waals surface area contributed by atoms with Gasteiger partial charge in [0, 0.05) is 17.3 Å². The van der Waals surface area contributed by atoms with Gasteiger partial charge in [0.15, 0.2) is 5.78 Å². The van der Waals surface area contributed by atoms with E-state index in [4.69, 9.17) is 5.26 Å². The van der Waals surface area contributed by atoms with Gasteiger partial charge in [-0.3, -0.25) is 4.79 Å². The minimum Gasteiger partial charge on any atom is -0.335 e. The third-order valence-electron chi connectivity index (χ3n) is 3.52. The Hall–Kier alpha value is -3.59. The van der Waals surface area contributed by atoms with Crippen LogP contribution in [-0.2, 0) is 0 Å². The molecule has 3 aromatic rings. The van der Waals surface area contributed by atoms with E-state index in [1.165, 1.54) is 24.4 Å². The minimum absolute atomic E-state index is 0.209. The molecule has 0 saturated carbocycles. The number of nitriles is 1. The Morgan fingerprint density at radius 2 is 1.60 bits per heavy atom. The zero-order valence-electron chi connectivity index (χ0n) is 12.8. The fourth-order valence-corrected chi connectivity index (χ4v) is 2.21. The smallest absolute Gasteiger partial charge is 0.194 e. The lowest BCUT2D eigenvalue weighted by Gasteiger charge is -2.08. The minimum atomic E-state index is -0.737. The number of nitrogens with zero attached hydrogens (tertiary/aromatic N) is 2. The third-order valence-corrected chi connectivity index (χ3v) is 3.52. The maximum atomic E-state index is 13.6. The van der Waals surface area contributed by atoms with E-state index in [9.17, 15) is 13.6 Å². The molecular formula is C19H11F2N3O. The quantitative estimate of drug-likeness (QED) is 0.726. The summed E-state index contributed by atoms with van der Waals surface area (Å²) in [5.41, 5.74) is 0.897. The molecule has 1 N–H and O–H groups in total. The number of nitrogens with one attached hydrogen (secondary N) is 1. The van der Waals surface area contributed by atoms with Crippen LogP contribution in [-0.4, -0.2) is 10.8 Å². The molecule has 122 valence electrons. The molecule has 0 bridgehead atoms. The molecule has 0 unspecified atom stereocenters. The van der Waals surface area contributed by atoms with Crippen LogP contribution in [0.3, 0.4) is 0 Å². The largest absolute Gasteiger partial charge is 0.335 e. The van der Waals surface area contributed by atoms with Crippen LogP contribution in [0.15, 0.2) is 60.8 Å². The van der Waals surface area contributed by atoms with Gasteiger partial charge >= 0.3 is 0 Å². The topological polar surface area (TPSA) is 65.8 Å². The molecule has 1 aromatic heterocycles. The molecule has 6 heteroatoms. The highest BCUT2D eigenvalue weighted by Crippen LogP contribution is 2.22. The van der Waals surface area contributed by atoms with Gasteiger partial charge in [0.05, 0.1) is 11.6 Å². The number of benzene rings is 2. The van der Waals surface area contributed by atoms with Crippen molar-refractivity contribution in [3.63, 3.8) is 0 Å². The van der Waals surface area contributed by atoms with E-state index in [2.05, 4.69) is 10.3 Å². The van der Waals surface area contributed by atoms with Crippen molar-refractivity contribution >= 4 is 17.3 Å². The number of rotatable bonds is 4. The molecule has 1 heterocycles. The number of para-hydroxylation sites is 1. The molecule has 0 atom stereocenters. The van der Waals surface area contributed by atoms with E-state index in [0.29, 0.717) is 16.7 Å². The number of carbonyl (C=O) groups is 1. The first-order valence-corrected chi connectivity index (χ1v) is 7.30. The summed E-state index contributed by atoms with van der Waals surface area (Å²) in [5, 5.41) is 11.3. The highest BCUT2D eigenvalue weighted by Gasteiger charge is 2.12. The molecule has 3 rings (SSSR count). The molecule has 0 radical (unpaired) electrons. The van der Waals surface area contributed by atoms with Crippen molar-refractivity contribution < 1.29 is 13.6 Å². The first-order valence-electron chi connectivity index (χ1n) is 7.30. The maximum absolute atomic E-state index is 13.6. The molecule has 0 aliphatic heterocycles. The predicted molar refractivity (Wildman–Crippen MR) is 88.5 cm³/mol. The number of aromatic nitrogens is 1. The van der Waals surface area contributed by atoms with Crippen LogP contribution in [0.25, 0.3) is 0 Å². The number of carbonyl (C=O) groups excluding carboxylic acids is 1. The van der Waals surface area contributed by atoms with Crippen LogP contribution in [0, 0.1) is 23.0 Å². The Bertz CT molecular complexity index is 941. The Labute approximate surface area is 142 Å². The van der Waals surface area contributed by atoms with Crippen LogP contribution < -0.4 is 5.32 Å². The summed E-state index contributed by atoms with van der Waals surface area (Å²) < 4.78 is 27.2. The zero-order valence-corrected chi connectivity index (χ0v) is 12.8. The number of pyridine rings is 1. The van der Waals surface area contributed by atoms with E-state index in [0.717, 1.165) is 12.1 Å². The number of ketones is 1. The van der Waals surface area contributed by atoms with Crippen molar-refractivity contribution in [1.29, 1.82) is 5.26 Å².